The van der Waals surface area contributed by atoms with Gasteiger partial charge in [0.1, 0.15) is 0 Å². The van der Waals surface area contributed by atoms with Crippen molar-refractivity contribution in [2.24, 2.45) is 13.0 Å². The highest BCUT2D eigenvalue weighted by Gasteiger charge is 2.28. The molecule has 0 saturated carbocycles. The van der Waals surface area contributed by atoms with Crippen molar-refractivity contribution in [3.8, 4) is 0 Å². The lowest BCUT2D eigenvalue weighted by atomic mass is 9.92. The standard InChI is InChI=1S/C28H33F2N3O3/c1-16-10-20(28(4,29)30)12-25-22(16)13-21(32(25)5)14-23-17(2)24(15-31-18(23)3)27(36)33-8-6-19(7-9-33)11-26(34)35/h10,12-13,15,19H,6-9,11,14H2,1-5H3,(H,34,35). The number of halogens is 2. The van der Waals surface area contributed by atoms with Gasteiger partial charge in [-0.3, -0.25) is 14.6 Å². The molecule has 8 heteroatoms. The van der Waals surface area contributed by atoms with Gasteiger partial charge in [-0.2, -0.15) is 0 Å². The van der Waals surface area contributed by atoms with E-state index < -0.39 is 11.9 Å². The average Bonchev–Trinajstić information content (AvgIpc) is 3.12. The zero-order valence-electron chi connectivity index (χ0n) is 21.5. The molecule has 1 saturated heterocycles. The second-order valence-corrected chi connectivity index (χ2v) is 10.2. The summed E-state index contributed by atoms with van der Waals surface area (Å²) in [5.41, 5.74) is 5.69. The Morgan fingerprint density at radius 1 is 1.14 bits per heavy atom. The Labute approximate surface area is 209 Å². The number of aryl methyl sites for hydroxylation is 3. The second kappa shape index (κ2) is 9.64. The minimum Gasteiger partial charge on any atom is -0.481 e. The Morgan fingerprint density at radius 2 is 1.81 bits per heavy atom. The lowest BCUT2D eigenvalue weighted by Crippen LogP contribution is -2.39. The number of aromatic nitrogens is 2. The number of rotatable bonds is 6. The Bertz CT molecular complexity index is 1330. The summed E-state index contributed by atoms with van der Waals surface area (Å²) in [6.07, 6.45) is 3.64. The number of aliphatic carboxylic acids is 1. The van der Waals surface area contributed by atoms with E-state index in [1.165, 1.54) is 0 Å². The maximum atomic E-state index is 14.0. The van der Waals surface area contributed by atoms with Crippen LogP contribution in [0.2, 0.25) is 0 Å². The molecule has 4 rings (SSSR count). The summed E-state index contributed by atoms with van der Waals surface area (Å²) in [6.45, 7) is 7.67. The van der Waals surface area contributed by atoms with Crippen LogP contribution in [0.1, 0.15) is 70.2 Å². The maximum absolute atomic E-state index is 14.0. The normalized spacial score (nSPS) is 15.0. The number of carbonyl (C=O) groups excluding carboxylic acids is 1. The number of fused-ring (bicyclic) bond motifs is 1. The third kappa shape index (κ3) is 4.99. The highest BCUT2D eigenvalue weighted by atomic mass is 19.3. The number of carboxylic acid groups (broad SMARTS) is 1. The summed E-state index contributed by atoms with van der Waals surface area (Å²) < 4.78 is 30.0. The summed E-state index contributed by atoms with van der Waals surface area (Å²) in [7, 11) is 1.88. The largest absolute Gasteiger partial charge is 0.481 e. The number of hydrogen-bond acceptors (Lipinski definition) is 3. The highest BCUT2D eigenvalue weighted by molar-refractivity contribution is 5.96. The Kier molecular flexibility index (Phi) is 6.90. The molecule has 1 amide bonds. The maximum Gasteiger partial charge on any atom is 0.303 e. The van der Waals surface area contributed by atoms with Gasteiger partial charge >= 0.3 is 5.97 Å². The Morgan fingerprint density at radius 3 is 2.42 bits per heavy atom. The summed E-state index contributed by atoms with van der Waals surface area (Å²) in [6, 6.07) is 5.13. The number of likely N-dealkylation sites (tertiary alicyclic amines) is 1. The third-order valence-corrected chi connectivity index (χ3v) is 7.61. The van der Waals surface area contributed by atoms with Crippen molar-refractivity contribution in [1.29, 1.82) is 0 Å². The van der Waals surface area contributed by atoms with Crippen LogP contribution in [0, 0.1) is 26.7 Å². The van der Waals surface area contributed by atoms with Gasteiger partial charge in [-0.15, -0.1) is 0 Å². The lowest BCUT2D eigenvalue weighted by molar-refractivity contribution is -0.138. The molecule has 0 atom stereocenters. The number of benzene rings is 1. The van der Waals surface area contributed by atoms with Crippen LogP contribution >= 0.6 is 0 Å². The quantitative estimate of drug-likeness (QED) is 0.486. The van der Waals surface area contributed by atoms with Crippen molar-refractivity contribution in [3.05, 3.63) is 63.6 Å². The molecule has 0 bridgehead atoms. The van der Waals surface area contributed by atoms with Crippen LogP contribution in [-0.2, 0) is 24.2 Å². The van der Waals surface area contributed by atoms with Gasteiger partial charge in [0.25, 0.3) is 11.8 Å². The van der Waals surface area contributed by atoms with E-state index in [4.69, 9.17) is 5.11 Å². The second-order valence-electron chi connectivity index (χ2n) is 10.2. The molecule has 0 radical (unpaired) electrons. The van der Waals surface area contributed by atoms with Gasteiger partial charge in [0.15, 0.2) is 0 Å². The van der Waals surface area contributed by atoms with E-state index in [0.29, 0.717) is 37.9 Å². The van der Waals surface area contributed by atoms with Crippen molar-refractivity contribution in [1.82, 2.24) is 14.5 Å². The summed E-state index contributed by atoms with van der Waals surface area (Å²) in [5, 5.41) is 9.97. The van der Waals surface area contributed by atoms with Crippen molar-refractivity contribution in [3.63, 3.8) is 0 Å². The van der Waals surface area contributed by atoms with Crippen molar-refractivity contribution < 1.29 is 23.5 Å². The fourth-order valence-corrected chi connectivity index (χ4v) is 5.27. The Balaban J connectivity index is 1.62. The molecule has 1 aliphatic heterocycles. The van der Waals surface area contributed by atoms with Crippen molar-refractivity contribution in [2.45, 2.75) is 59.3 Å². The van der Waals surface area contributed by atoms with Gasteiger partial charge in [-0.25, -0.2) is 8.78 Å². The smallest absolute Gasteiger partial charge is 0.303 e. The molecule has 0 spiro atoms. The molecule has 3 heterocycles. The predicted molar refractivity (Wildman–Crippen MR) is 135 cm³/mol. The molecular formula is C28H33F2N3O3. The number of alkyl halides is 2. The van der Waals surface area contributed by atoms with Crippen LogP contribution in [0.3, 0.4) is 0 Å². The predicted octanol–water partition coefficient (Wildman–Crippen LogP) is 5.53. The van der Waals surface area contributed by atoms with Crippen molar-refractivity contribution in [2.75, 3.05) is 13.1 Å². The van der Waals surface area contributed by atoms with E-state index in [0.717, 1.165) is 45.9 Å². The number of piperidine rings is 1. The topological polar surface area (TPSA) is 75.4 Å². The summed E-state index contributed by atoms with van der Waals surface area (Å²) >= 11 is 0. The highest BCUT2D eigenvalue weighted by Crippen LogP contribution is 2.34. The number of amides is 1. The van der Waals surface area contributed by atoms with Gasteiger partial charge in [-0.1, -0.05) is 0 Å². The molecule has 1 aliphatic rings. The number of carboxylic acids is 1. The van der Waals surface area contributed by atoms with Crippen LogP contribution < -0.4 is 0 Å². The van der Waals surface area contributed by atoms with Gasteiger partial charge in [0.2, 0.25) is 0 Å². The van der Waals surface area contributed by atoms with Gasteiger partial charge < -0.3 is 14.6 Å². The molecule has 0 aliphatic carbocycles. The lowest BCUT2D eigenvalue weighted by Gasteiger charge is -2.32. The molecule has 192 valence electrons. The van der Waals surface area contributed by atoms with E-state index in [9.17, 15) is 18.4 Å². The minimum atomic E-state index is -2.92. The van der Waals surface area contributed by atoms with E-state index >= 15 is 0 Å². The van der Waals surface area contributed by atoms with Gasteiger partial charge in [-0.05, 0) is 74.4 Å². The first kappa shape index (κ1) is 25.8. The zero-order chi connectivity index (χ0) is 26.4. The van der Waals surface area contributed by atoms with Crippen LogP contribution in [-0.4, -0.2) is 44.5 Å². The van der Waals surface area contributed by atoms with E-state index in [2.05, 4.69) is 4.98 Å². The molecule has 3 aromatic rings. The number of hydrogen-bond donors (Lipinski definition) is 1. The summed E-state index contributed by atoms with van der Waals surface area (Å²) in [4.78, 5) is 30.7. The first-order chi connectivity index (χ1) is 16.9. The average molecular weight is 498 g/mol. The number of nitrogens with zero attached hydrogens (tertiary/aromatic N) is 3. The monoisotopic (exact) mass is 497 g/mol. The fourth-order valence-electron chi connectivity index (χ4n) is 5.27. The van der Waals surface area contributed by atoms with E-state index in [1.807, 2.05) is 38.5 Å². The number of pyridine rings is 1. The summed E-state index contributed by atoms with van der Waals surface area (Å²) in [5.74, 6) is -3.71. The zero-order valence-corrected chi connectivity index (χ0v) is 21.5. The van der Waals surface area contributed by atoms with Crippen LogP contribution in [0.5, 0.6) is 0 Å². The molecule has 6 nitrogen and oxygen atoms in total. The molecule has 2 aromatic heterocycles. The fraction of sp³-hybridized carbons (Fsp3) is 0.464. The molecule has 0 unspecified atom stereocenters. The van der Waals surface area contributed by atoms with Crippen molar-refractivity contribution >= 4 is 22.8 Å². The van der Waals surface area contributed by atoms with E-state index in [1.54, 1.807) is 23.2 Å². The molecule has 1 fully saturated rings. The van der Waals surface area contributed by atoms with E-state index in [-0.39, 0.29) is 23.8 Å². The Hall–Kier alpha value is -3.29. The molecular weight excluding hydrogens is 464 g/mol. The van der Waals surface area contributed by atoms with Gasteiger partial charge in [0.05, 0.1) is 5.56 Å². The molecule has 1 aromatic carbocycles. The molecule has 1 N–H and O–H groups in total. The number of carbonyl (C=O) groups is 2. The van der Waals surface area contributed by atoms with Crippen LogP contribution in [0.15, 0.2) is 24.4 Å². The minimum absolute atomic E-state index is 0.00556. The van der Waals surface area contributed by atoms with Crippen LogP contribution in [0.4, 0.5) is 8.78 Å². The van der Waals surface area contributed by atoms with Gasteiger partial charge in [0, 0.05) is 74.0 Å². The SMILES string of the molecule is Cc1ncc(C(=O)N2CCC(CC(=O)O)CC2)c(C)c1Cc1cc2c(C)cc(C(C)(F)F)cc2n1C. The third-order valence-electron chi connectivity index (χ3n) is 7.61. The van der Waals surface area contributed by atoms with Crippen LogP contribution in [0.25, 0.3) is 10.9 Å². The first-order valence-electron chi connectivity index (χ1n) is 12.3. The molecule has 36 heavy (non-hydrogen) atoms. The first-order valence-corrected chi connectivity index (χ1v) is 12.3.